The lowest BCUT2D eigenvalue weighted by molar-refractivity contribution is -0.147. The normalized spacial score (nSPS) is 15.4. The minimum Gasteiger partial charge on any atom is -0.463 e. The Bertz CT molecular complexity index is 2880. The van der Waals surface area contributed by atoms with E-state index < -0.39 is 178 Å². The third-order valence-electron chi connectivity index (χ3n) is 12.8. The zero-order valence-corrected chi connectivity index (χ0v) is 69.1. The highest BCUT2D eigenvalue weighted by Gasteiger charge is 2.32. The van der Waals surface area contributed by atoms with Gasteiger partial charge in [-0.15, -0.1) is 13.2 Å². The largest absolute Gasteiger partial charge is 0.475 e. The molecule has 0 aliphatic carbocycles. The van der Waals surface area contributed by atoms with Gasteiger partial charge in [-0.1, -0.05) is 12.2 Å². The molecule has 8 amide bonds. The van der Waals surface area contributed by atoms with Crippen molar-refractivity contribution in [1.29, 1.82) is 0 Å². The van der Waals surface area contributed by atoms with Crippen molar-refractivity contribution in [2.24, 2.45) is 0 Å². The Morgan fingerprint density at radius 1 is 0.321 bits per heavy atom. The number of rotatable bonds is 66. The number of hydrogen-bond donors (Lipinski definition) is 10. The summed E-state index contributed by atoms with van der Waals surface area (Å²) in [5.74, 6) is -6.39. The molecule has 10 N–H and O–H groups in total. The summed E-state index contributed by atoms with van der Waals surface area (Å²) in [5, 5.41) is 19.7. The molecule has 0 saturated heterocycles. The first-order valence-electron chi connectivity index (χ1n) is 35.2. The molecule has 0 heterocycles. The van der Waals surface area contributed by atoms with Crippen LogP contribution in [0, 0.1) is 0 Å². The number of phosphoric acid groups is 4. The summed E-state index contributed by atoms with van der Waals surface area (Å²) >= 11 is 0. The van der Waals surface area contributed by atoms with Gasteiger partial charge in [0.1, 0.15) is 37.3 Å². The average Bonchev–Trinajstić information content (AvgIpc) is 0.895. The second-order valence-corrected chi connectivity index (χ2v) is 30.2. The first-order valence-corrected chi connectivity index (χ1v) is 41.1. The SMILES string of the molecule is C=CCOP(=O)(OCCNC(=O)CC(=O)NCCOP(=O)(OCC=C)OC[C@@H](COCC[C@@H](C)OC(C)=O)NC(C)=O)OC[C@@H](COCC[C@@H](C)OC(C)=O)NC(C)=O.CC(=O)N[C@H](COCC[C@@H](C)OC(C)=O)COP(=O)(O)OCCNC(=O)CC(=O)NCCOP(=O)(O)OC[C@@H](COCC[C@@H](C)OC(C)=O)NC(C)=O. The zero-order valence-electron chi connectivity index (χ0n) is 65.6. The van der Waals surface area contributed by atoms with E-state index in [9.17, 15) is 85.6 Å². The standard InChI is InChI=1S/C35H62N4O18P2.C29H54N4O18P2/c1-9-15-50-58(46,54-24-32(38-28(5)40)22-48-17-11-26(3)56-30(7)42)52-19-13-36-34(44)21-35(45)37-14-20-53-59(47,51-16-10-2)55-25-33(39-29(6)41)23-49-18-12-27(4)57-31(8)43;1-20(50-24(5)36)7-11-44-16-26(32-22(3)34)18-48-52(40,41)46-13-9-30-28(38)15-29(39)31-10-14-47-53(42,43)49-19-27(33-23(4)35)17-45-12-8-21(2)51-25(6)37/h9-10,26-27,32-33H,1-2,11-25H2,3-8H3,(H,36,44)(H,37,45)(H,38,40)(H,39,41);20-21,26-27H,7-19H2,1-6H3,(H,30,38)(H,31,39)(H,32,34)(H,33,35)(H,40,41)(H,42,43)/t26-,27-,32-,33-,58?,59?;20-,21-,26-,27-/m11/s1. The molecule has 0 rings (SSSR count). The highest BCUT2D eigenvalue weighted by atomic mass is 31.2. The monoisotopic (exact) mass is 1700 g/mol. The number of carbonyl (C=O) groups is 12. The lowest BCUT2D eigenvalue weighted by Crippen LogP contribution is -2.40. The van der Waals surface area contributed by atoms with Gasteiger partial charge in [0.25, 0.3) is 0 Å². The highest BCUT2D eigenvalue weighted by molar-refractivity contribution is 7.49. The maximum absolute atomic E-state index is 13.2. The van der Waals surface area contributed by atoms with Gasteiger partial charge in [-0.2, -0.15) is 0 Å². The molecule has 0 aromatic carbocycles. The zero-order chi connectivity index (χ0) is 85.1. The van der Waals surface area contributed by atoms with E-state index in [-0.39, 0.29) is 131 Å². The van der Waals surface area contributed by atoms with Crippen molar-refractivity contribution in [2.45, 2.75) is 170 Å². The molecule has 112 heavy (non-hydrogen) atoms. The van der Waals surface area contributed by atoms with Crippen molar-refractivity contribution >= 4 is 102 Å². The van der Waals surface area contributed by atoms with Crippen LogP contribution in [0.2, 0.25) is 0 Å². The van der Waals surface area contributed by atoms with Crippen LogP contribution in [0.5, 0.6) is 0 Å². The van der Waals surface area contributed by atoms with Gasteiger partial charge in [-0.3, -0.25) is 103 Å². The molecule has 0 aromatic rings. The van der Waals surface area contributed by atoms with Gasteiger partial charge in [0, 0.05) is 107 Å². The number of carbonyl (C=O) groups excluding carboxylic acids is 12. The Hall–Kier alpha value is -6.60. The van der Waals surface area contributed by atoms with Crippen LogP contribution in [0.4, 0.5) is 0 Å². The van der Waals surface area contributed by atoms with Gasteiger partial charge >= 0.3 is 55.2 Å². The molecular formula is C64H116N8O36P4. The average molecular weight is 1700 g/mol. The smallest absolute Gasteiger partial charge is 0.463 e. The Labute approximate surface area is 652 Å². The van der Waals surface area contributed by atoms with Crippen LogP contribution < -0.4 is 42.5 Å². The summed E-state index contributed by atoms with van der Waals surface area (Å²) in [7, 11) is -17.7. The van der Waals surface area contributed by atoms with Gasteiger partial charge in [0.2, 0.25) is 47.3 Å². The van der Waals surface area contributed by atoms with E-state index in [1.165, 1.54) is 67.5 Å². The molecule has 0 bridgehead atoms. The van der Waals surface area contributed by atoms with Gasteiger partial charge in [0.05, 0.1) is 143 Å². The Morgan fingerprint density at radius 2 is 0.545 bits per heavy atom. The molecule has 648 valence electrons. The maximum Gasteiger partial charge on any atom is 0.475 e. The molecule has 0 spiro atoms. The molecule has 48 heteroatoms. The quantitative estimate of drug-likeness (QED) is 0.0103. The minimum atomic E-state index is -4.61. The predicted octanol–water partition coefficient (Wildman–Crippen LogP) is 1.62. The van der Waals surface area contributed by atoms with Crippen molar-refractivity contribution in [3.63, 3.8) is 0 Å². The van der Waals surface area contributed by atoms with E-state index in [2.05, 4.69) is 55.7 Å². The summed E-state index contributed by atoms with van der Waals surface area (Å²) in [6, 6.07) is -3.12. The lowest BCUT2D eigenvalue weighted by Gasteiger charge is -2.22. The van der Waals surface area contributed by atoms with Crippen LogP contribution in [0.1, 0.15) is 122 Å². The maximum atomic E-state index is 13.2. The fourth-order valence-corrected chi connectivity index (χ4v) is 12.1. The second kappa shape index (κ2) is 62.7. The summed E-state index contributed by atoms with van der Waals surface area (Å²) in [4.78, 5) is 159. The third kappa shape index (κ3) is 66.8. The van der Waals surface area contributed by atoms with E-state index >= 15 is 0 Å². The first kappa shape index (κ1) is 107. The number of ether oxygens (including phenoxy) is 8. The highest BCUT2D eigenvalue weighted by Crippen LogP contribution is 2.50. The number of esters is 4. The van der Waals surface area contributed by atoms with Crippen molar-refractivity contribution in [1.82, 2.24) is 42.5 Å². The van der Waals surface area contributed by atoms with Crippen LogP contribution in [0.15, 0.2) is 25.3 Å². The Kier molecular flexibility index (Phi) is 60.2. The fourth-order valence-electron chi connectivity index (χ4n) is 8.20. The van der Waals surface area contributed by atoms with Crippen LogP contribution in [-0.2, 0) is 159 Å². The topological polar surface area (TPSA) is 576 Å². The van der Waals surface area contributed by atoms with Crippen LogP contribution in [0.3, 0.4) is 0 Å². The molecule has 44 nitrogen and oxygen atoms in total. The fraction of sp³-hybridized carbons (Fsp3) is 0.750. The van der Waals surface area contributed by atoms with Gasteiger partial charge in [-0.05, 0) is 27.7 Å². The summed E-state index contributed by atoms with van der Waals surface area (Å²) in [6.45, 7) is 19.9. The summed E-state index contributed by atoms with van der Waals surface area (Å²) < 4.78 is 144. The Balaban J connectivity index is 0. The van der Waals surface area contributed by atoms with Crippen LogP contribution >= 0.6 is 31.3 Å². The molecule has 0 aliphatic rings. The molecule has 0 radical (unpaired) electrons. The van der Waals surface area contributed by atoms with E-state index in [4.69, 9.17) is 83.1 Å². The van der Waals surface area contributed by atoms with Crippen LogP contribution in [-0.4, -0.2) is 275 Å². The summed E-state index contributed by atoms with van der Waals surface area (Å²) in [5.41, 5.74) is 0. The van der Waals surface area contributed by atoms with Crippen molar-refractivity contribution in [2.75, 3.05) is 145 Å². The molecular weight excluding hydrogens is 1580 g/mol. The second-order valence-electron chi connectivity index (χ2n) is 24.0. The van der Waals surface area contributed by atoms with E-state index in [0.29, 0.717) is 25.7 Å². The number of hydrogen-bond acceptors (Lipinski definition) is 34. The van der Waals surface area contributed by atoms with Crippen molar-refractivity contribution in [3.8, 4) is 0 Å². The van der Waals surface area contributed by atoms with E-state index in [1.807, 2.05) is 0 Å². The van der Waals surface area contributed by atoms with Crippen molar-refractivity contribution < 1.29 is 169 Å². The molecule has 0 fully saturated rings. The number of phosphoric ester groups is 4. The van der Waals surface area contributed by atoms with Crippen LogP contribution in [0.25, 0.3) is 0 Å². The Morgan fingerprint density at radius 3 is 0.759 bits per heavy atom. The van der Waals surface area contributed by atoms with Crippen molar-refractivity contribution in [3.05, 3.63) is 25.3 Å². The molecule has 12 atom stereocenters. The van der Waals surface area contributed by atoms with Gasteiger partial charge in [0.15, 0.2) is 0 Å². The van der Waals surface area contributed by atoms with Gasteiger partial charge in [-0.25, -0.2) is 18.3 Å². The molecule has 0 aliphatic heterocycles. The van der Waals surface area contributed by atoms with E-state index in [0.717, 1.165) is 0 Å². The van der Waals surface area contributed by atoms with E-state index in [1.54, 1.807) is 27.7 Å². The minimum absolute atomic E-state index is 0.0347. The number of nitrogens with one attached hydrogen (secondary N) is 8. The molecule has 0 saturated carbocycles. The predicted molar refractivity (Wildman–Crippen MR) is 393 cm³/mol. The third-order valence-corrected chi connectivity index (χ3v) is 17.7. The van der Waals surface area contributed by atoms with Gasteiger partial charge < -0.3 is 90.2 Å². The number of amides is 8. The summed E-state index contributed by atoms with van der Waals surface area (Å²) in [6.07, 6.45) is 1.36. The first-order chi connectivity index (χ1) is 52.5. The molecule has 4 unspecified atom stereocenters. The lowest BCUT2D eigenvalue weighted by atomic mass is 10.3. The molecule has 0 aromatic heterocycles.